The quantitative estimate of drug-likeness (QED) is 0.190. The fraction of sp³-hybridized carbons (Fsp3) is 0.913. The first-order valence-electron chi connectivity index (χ1n) is 11.4. The molecule has 5 nitrogen and oxygen atoms in total. The van der Waals surface area contributed by atoms with Gasteiger partial charge in [0.1, 0.15) is 0 Å². The van der Waals surface area contributed by atoms with E-state index in [0.717, 1.165) is 44.9 Å². The van der Waals surface area contributed by atoms with Gasteiger partial charge in [-0.25, -0.2) is 0 Å². The highest BCUT2D eigenvalue weighted by Gasteiger charge is 2.12. The van der Waals surface area contributed by atoms with Gasteiger partial charge in [-0.2, -0.15) is 0 Å². The van der Waals surface area contributed by atoms with Gasteiger partial charge in [0, 0.05) is 26.6 Å². The van der Waals surface area contributed by atoms with Gasteiger partial charge in [0.25, 0.3) is 0 Å². The summed E-state index contributed by atoms with van der Waals surface area (Å²) in [6.07, 6.45) is 13.3. The largest absolute Gasteiger partial charge is 0.466 e. The lowest BCUT2D eigenvalue weighted by Gasteiger charge is -2.16. The number of rotatable bonds is 20. The van der Waals surface area contributed by atoms with Crippen LogP contribution in [0.4, 0.5) is 0 Å². The van der Waals surface area contributed by atoms with Gasteiger partial charge in [-0.05, 0) is 38.0 Å². The predicted molar refractivity (Wildman–Crippen MR) is 113 cm³/mol. The van der Waals surface area contributed by atoms with Crippen molar-refractivity contribution in [1.29, 1.82) is 0 Å². The summed E-state index contributed by atoms with van der Waals surface area (Å²) in [7, 11) is 1.71. The van der Waals surface area contributed by atoms with Crippen molar-refractivity contribution in [2.75, 3.05) is 26.9 Å². The zero-order valence-corrected chi connectivity index (χ0v) is 18.6. The Morgan fingerprint density at radius 3 is 1.93 bits per heavy atom. The molecule has 1 unspecified atom stereocenters. The average Bonchev–Trinajstić information content (AvgIpc) is 2.69. The normalized spacial score (nSPS) is 12.0. The topological polar surface area (TPSA) is 61.8 Å². The molecular weight excluding hydrogens is 356 g/mol. The lowest BCUT2D eigenvalue weighted by atomic mass is 9.99. The highest BCUT2D eigenvalue weighted by Crippen LogP contribution is 2.15. The number of methoxy groups -OCH3 is 1. The molecule has 28 heavy (non-hydrogen) atoms. The summed E-state index contributed by atoms with van der Waals surface area (Å²) in [6, 6.07) is 0. The van der Waals surface area contributed by atoms with E-state index in [1.165, 1.54) is 32.1 Å². The first-order valence-corrected chi connectivity index (χ1v) is 11.4. The van der Waals surface area contributed by atoms with Gasteiger partial charge in [-0.1, -0.05) is 58.8 Å². The molecule has 0 amide bonds. The zero-order valence-electron chi connectivity index (χ0n) is 18.6. The van der Waals surface area contributed by atoms with Crippen molar-refractivity contribution in [2.24, 2.45) is 5.92 Å². The van der Waals surface area contributed by atoms with E-state index in [0.29, 0.717) is 38.6 Å². The molecule has 0 bridgehead atoms. The molecule has 0 saturated carbocycles. The molecule has 0 aliphatic heterocycles. The molecule has 0 N–H and O–H groups in total. The fourth-order valence-corrected chi connectivity index (χ4v) is 3.06. The van der Waals surface area contributed by atoms with Gasteiger partial charge >= 0.3 is 11.9 Å². The van der Waals surface area contributed by atoms with Crippen molar-refractivity contribution in [2.45, 2.75) is 104 Å². The average molecular weight is 401 g/mol. The van der Waals surface area contributed by atoms with Crippen LogP contribution in [0.1, 0.15) is 104 Å². The minimum atomic E-state index is -0.128. The van der Waals surface area contributed by atoms with E-state index in [-0.39, 0.29) is 11.9 Å². The Morgan fingerprint density at radius 1 is 0.679 bits per heavy atom. The van der Waals surface area contributed by atoms with Crippen molar-refractivity contribution < 1.29 is 23.8 Å². The highest BCUT2D eigenvalue weighted by molar-refractivity contribution is 5.69. The Hall–Kier alpha value is -1.10. The van der Waals surface area contributed by atoms with Gasteiger partial charge in [0.05, 0.1) is 13.2 Å². The maximum Gasteiger partial charge on any atom is 0.305 e. The van der Waals surface area contributed by atoms with Crippen LogP contribution in [-0.4, -0.2) is 38.9 Å². The van der Waals surface area contributed by atoms with Crippen molar-refractivity contribution in [3.05, 3.63) is 0 Å². The van der Waals surface area contributed by atoms with Crippen LogP contribution in [0, 0.1) is 5.92 Å². The Labute approximate surface area is 172 Å². The van der Waals surface area contributed by atoms with Crippen LogP contribution < -0.4 is 0 Å². The predicted octanol–water partition coefficient (Wildman–Crippen LogP) is 5.84. The summed E-state index contributed by atoms with van der Waals surface area (Å²) in [5, 5.41) is 0. The van der Waals surface area contributed by atoms with Crippen LogP contribution in [0.3, 0.4) is 0 Å². The zero-order chi connectivity index (χ0) is 20.9. The van der Waals surface area contributed by atoms with Gasteiger partial charge < -0.3 is 14.2 Å². The molecule has 0 spiro atoms. The van der Waals surface area contributed by atoms with Gasteiger partial charge in [0.2, 0.25) is 0 Å². The summed E-state index contributed by atoms with van der Waals surface area (Å²) < 4.78 is 15.8. The van der Waals surface area contributed by atoms with Crippen molar-refractivity contribution in [3.63, 3.8) is 0 Å². The molecule has 0 aromatic carbocycles. The Balaban J connectivity index is 3.69. The second-order valence-corrected chi connectivity index (χ2v) is 7.67. The fourth-order valence-electron chi connectivity index (χ4n) is 3.06. The molecule has 0 aliphatic carbocycles. The van der Waals surface area contributed by atoms with E-state index >= 15 is 0 Å². The lowest BCUT2D eigenvalue weighted by molar-refractivity contribution is -0.145. The number of esters is 2. The summed E-state index contributed by atoms with van der Waals surface area (Å²) in [5.41, 5.74) is 0. The van der Waals surface area contributed by atoms with Crippen molar-refractivity contribution >= 4 is 11.9 Å². The SMILES string of the molecule is CCCCCCOC(=O)CCCCCC(=O)OCC(CCCCC)CCOC. The Morgan fingerprint density at radius 2 is 1.29 bits per heavy atom. The van der Waals surface area contributed by atoms with Gasteiger partial charge in [-0.3, -0.25) is 9.59 Å². The van der Waals surface area contributed by atoms with Crippen molar-refractivity contribution in [1.82, 2.24) is 0 Å². The Kier molecular flexibility index (Phi) is 19.8. The van der Waals surface area contributed by atoms with Crippen LogP contribution in [-0.2, 0) is 23.8 Å². The van der Waals surface area contributed by atoms with Crippen LogP contribution in [0.15, 0.2) is 0 Å². The van der Waals surface area contributed by atoms with E-state index in [2.05, 4.69) is 13.8 Å². The monoisotopic (exact) mass is 400 g/mol. The first kappa shape index (κ1) is 26.9. The van der Waals surface area contributed by atoms with Gasteiger partial charge in [-0.15, -0.1) is 0 Å². The number of hydrogen-bond donors (Lipinski definition) is 0. The molecular formula is C23H44O5. The lowest BCUT2D eigenvalue weighted by Crippen LogP contribution is -2.16. The summed E-state index contributed by atoms with van der Waals surface area (Å²) >= 11 is 0. The van der Waals surface area contributed by atoms with Crippen LogP contribution in [0.5, 0.6) is 0 Å². The Bertz CT molecular complexity index is 370. The summed E-state index contributed by atoms with van der Waals surface area (Å²) in [4.78, 5) is 23.6. The molecule has 0 saturated heterocycles. The number of hydrogen-bond acceptors (Lipinski definition) is 5. The number of unbranched alkanes of at least 4 members (excludes halogenated alkanes) is 7. The number of carbonyl (C=O) groups excluding carboxylic acids is 2. The smallest absolute Gasteiger partial charge is 0.305 e. The second-order valence-electron chi connectivity index (χ2n) is 7.67. The molecule has 0 aliphatic rings. The van der Waals surface area contributed by atoms with Crippen LogP contribution in [0.25, 0.3) is 0 Å². The molecule has 166 valence electrons. The van der Waals surface area contributed by atoms with E-state index in [1.54, 1.807) is 7.11 Å². The number of ether oxygens (including phenoxy) is 3. The third-order valence-corrected chi connectivity index (χ3v) is 4.95. The molecule has 1 atom stereocenters. The summed E-state index contributed by atoms with van der Waals surface area (Å²) in [5.74, 6) is 0.145. The third-order valence-electron chi connectivity index (χ3n) is 4.95. The highest BCUT2D eigenvalue weighted by atomic mass is 16.5. The standard InChI is InChI=1S/C23H44O5/c1-4-6-8-13-18-27-22(24)15-11-9-12-16-23(25)28-20-21(17-19-26-3)14-10-7-5-2/h21H,4-20H2,1-3H3. The van der Waals surface area contributed by atoms with E-state index in [4.69, 9.17) is 14.2 Å². The van der Waals surface area contributed by atoms with E-state index < -0.39 is 0 Å². The third kappa shape index (κ3) is 18.3. The first-order chi connectivity index (χ1) is 13.6. The molecule has 0 heterocycles. The van der Waals surface area contributed by atoms with Crippen LogP contribution >= 0.6 is 0 Å². The second kappa shape index (κ2) is 20.6. The maximum absolute atomic E-state index is 11.9. The minimum absolute atomic E-state index is 0.118. The van der Waals surface area contributed by atoms with Gasteiger partial charge in [0.15, 0.2) is 0 Å². The maximum atomic E-state index is 11.9. The van der Waals surface area contributed by atoms with Crippen molar-refractivity contribution in [3.8, 4) is 0 Å². The van der Waals surface area contributed by atoms with E-state index in [9.17, 15) is 9.59 Å². The molecule has 0 aromatic rings. The number of carbonyl (C=O) groups is 2. The van der Waals surface area contributed by atoms with Crippen LogP contribution in [0.2, 0.25) is 0 Å². The molecule has 0 aromatic heterocycles. The molecule has 5 heteroatoms. The molecule has 0 radical (unpaired) electrons. The molecule has 0 rings (SSSR count). The summed E-state index contributed by atoms with van der Waals surface area (Å²) in [6.45, 7) is 6.10. The van der Waals surface area contributed by atoms with E-state index in [1.807, 2.05) is 0 Å². The molecule has 0 fully saturated rings. The minimum Gasteiger partial charge on any atom is -0.466 e.